The van der Waals surface area contributed by atoms with E-state index in [9.17, 15) is 0 Å². The zero-order chi connectivity index (χ0) is 11.5. The molecular weight excluding hydrogens is 264 g/mol. The number of anilines is 1. The Balaban J connectivity index is 1.99. The standard InChI is InChI=1S/C13H19BrN2/c1-2-16(8-10-3-4-10)9-11-5-12(14)7-13(15)6-11/h5-7,10H,2-4,8-9,15H2,1H3. The molecule has 0 bridgehead atoms. The van der Waals surface area contributed by atoms with Crippen molar-refractivity contribution >= 4 is 21.6 Å². The third-order valence-corrected chi connectivity index (χ3v) is 3.50. The Hall–Kier alpha value is -0.540. The Labute approximate surface area is 106 Å². The molecule has 0 aliphatic heterocycles. The van der Waals surface area contributed by atoms with Crippen LogP contribution in [0.5, 0.6) is 0 Å². The van der Waals surface area contributed by atoms with E-state index in [2.05, 4.69) is 39.9 Å². The van der Waals surface area contributed by atoms with Gasteiger partial charge in [0.1, 0.15) is 0 Å². The topological polar surface area (TPSA) is 29.3 Å². The normalized spacial score (nSPS) is 15.7. The van der Waals surface area contributed by atoms with Gasteiger partial charge in [-0.2, -0.15) is 0 Å². The van der Waals surface area contributed by atoms with Gasteiger partial charge in [0.25, 0.3) is 0 Å². The van der Waals surface area contributed by atoms with E-state index in [4.69, 9.17) is 5.73 Å². The van der Waals surface area contributed by atoms with Crippen LogP contribution in [0.4, 0.5) is 5.69 Å². The molecule has 0 unspecified atom stereocenters. The molecule has 0 radical (unpaired) electrons. The van der Waals surface area contributed by atoms with Crippen molar-refractivity contribution in [3.05, 3.63) is 28.2 Å². The Bertz CT molecular complexity index is 341. The lowest BCUT2D eigenvalue weighted by Gasteiger charge is -2.20. The van der Waals surface area contributed by atoms with E-state index >= 15 is 0 Å². The SMILES string of the molecule is CCN(Cc1cc(N)cc(Br)c1)CC1CC1. The number of nitrogens with two attached hydrogens (primary N) is 1. The first kappa shape index (κ1) is 11.9. The Morgan fingerprint density at radius 2 is 2.12 bits per heavy atom. The summed E-state index contributed by atoms with van der Waals surface area (Å²) >= 11 is 3.49. The van der Waals surface area contributed by atoms with Crippen LogP contribution in [0.15, 0.2) is 22.7 Å². The van der Waals surface area contributed by atoms with Crippen molar-refractivity contribution in [3.8, 4) is 0 Å². The molecule has 1 aliphatic rings. The summed E-state index contributed by atoms with van der Waals surface area (Å²) in [5.74, 6) is 0.949. The number of hydrogen-bond donors (Lipinski definition) is 1. The number of halogens is 1. The van der Waals surface area contributed by atoms with E-state index in [1.54, 1.807) is 0 Å². The molecule has 1 aliphatic carbocycles. The summed E-state index contributed by atoms with van der Waals surface area (Å²) in [6.07, 6.45) is 2.83. The summed E-state index contributed by atoms with van der Waals surface area (Å²) in [7, 11) is 0. The molecular formula is C13H19BrN2. The third-order valence-electron chi connectivity index (χ3n) is 3.05. The van der Waals surface area contributed by atoms with Gasteiger partial charge >= 0.3 is 0 Å². The fourth-order valence-electron chi connectivity index (χ4n) is 2.00. The number of rotatable bonds is 5. The molecule has 0 heterocycles. The molecule has 1 aromatic rings. The zero-order valence-electron chi connectivity index (χ0n) is 9.75. The molecule has 0 atom stereocenters. The van der Waals surface area contributed by atoms with Gasteiger partial charge in [-0.25, -0.2) is 0 Å². The highest BCUT2D eigenvalue weighted by Gasteiger charge is 2.23. The predicted octanol–water partition coefficient (Wildman–Crippen LogP) is 3.26. The Kier molecular flexibility index (Phi) is 3.87. The quantitative estimate of drug-likeness (QED) is 0.840. The highest BCUT2D eigenvalue weighted by molar-refractivity contribution is 9.10. The lowest BCUT2D eigenvalue weighted by Crippen LogP contribution is -2.25. The van der Waals surface area contributed by atoms with Crippen LogP contribution in [0.1, 0.15) is 25.3 Å². The van der Waals surface area contributed by atoms with E-state index in [1.165, 1.54) is 24.9 Å². The van der Waals surface area contributed by atoms with Gasteiger partial charge in [-0.15, -0.1) is 0 Å². The highest BCUT2D eigenvalue weighted by atomic mass is 79.9. The van der Waals surface area contributed by atoms with Crippen LogP contribution < -0.4 is 5.73 Å². The lowest BCUT2D eigenvalue weighted by molar-refractivity contribution is 0.268. The van der Waals surface area contributed by atoms with Gasteiger partial charge in [-0.1, -0.05) is 22.9 Å². The van der Waals surface area contributed by atoms with Crippen LogP contribution in [0.25, 0.3) is 0 Å². The minimum absolute atomic E-state index is 0.840. The molecule has 0 amide bonds. The molecule has 88 valence electrons. The molecule has 0 spiro atoms. The summed E-state index contributed by atoms with van der Waals surface area (Å²) in [5.41, 5.74) is 7.98. The van der Waals surface area contributed by atoms with Gasteiger partial charge in [-0.05, 0) is 49.1 Å². The Morgan fingerprint density at radius 3 is 2.69 bits per heavy atom. The van der Waals surface area contributed by atoms with Crippen molar-refractivity contribution < 1.29 is 0 Å². The van der Waals surface area contributed by atoms with E-state index < -0.39 is 0 Å². The minimum atomic E-state index is 0.840. The predicted molar refractivity (Wildman–Crippen MR) is 72.2 cm³/mol. The van der Waals surface area contributed by atoms with Crippen molar-refractivity contribution in [2.45, 2.75) is 26.3 Å². The van der Waals surface area contributed by atoms with Crippen molar-refractivity contribution in [1.82, 2.24) is 4.90 Å². The van der Waals surface area contributed by atoms with Crippen LogP contribution in [-0.2, 0) is 6.54 Å². The monoisotopic (exact) mass is 282 g/mol. The first-order chi connectivity index (χ1) is 7.67. The number of nitrogen functional groups attached to an aromatic ring is 1. The van der Waals surface area contributed by atoms with Crippen LogP contribution in [-0.4, -0.2) is 18.0 Å². The molecule has 16 heavy (non-hydrogen) atoms. The van der Waals surface area contributed by atoms with Crippen LogP contribution in [0.3, 0.4) is 0 Å². The summed E-state index contributed by atoms with van der Waals surface area (Å²) in [6, 6.07) is 6.17. The van der Waals surface area contributed by atoms with Crippen LogP contribution in [0.2, 0.25) is 0 Å². The molecule has 2 nitrogen and oxygen atoms in total. The molecule has 1 saturated carbocycles. The van der Waals surface area contributed by atoms with Crippen molar-refractivity contribution in [3.63, 3.8) is 0 Å². The van der Waals surface area contributed by atoms with Crippen LogP contribution >= 0.6 is 15.9 Å². The first-order valence-corrected chi connectivity index (χ1v) is 6.74. The summed E-state index contributed by atoms with van der Waals surface area (Å²) in [5, 5.41) is 0. The largest absolute Gasteiger partial charge is 0.399 e. The average molecular weight is 283 g/mol. The third kappa shape index (κ3) is 3.49. The van der Waals surface area contributed by atoms with E-state index in [1.807, 2.05) is 6.07 Å². The second-order valence-corrected chi connectivity index (χ2v) is 5.58. The summed E-state index contributed by atoms with van der Waals surface area (Å²) in [6.45, 7) is 5.59. The maximum absolute atomic E-state index is 5.84. The highest BCUT2D eigenvalue weighted by Crippen LogP contribution is 2.30. The molecule has 2 rings (SSSR count). The zero-order valence-corrected chi connectivity index (χ0v) is 11.3. The molecule has 0 aromatic heterocycles. The smallest absolute Gasteiger partial charge is 0.0328 e. The van der Waals surface area contributed by atoms with Gasteiger partial charge in [0.15, 0.2) is 0 Å². The van der Waals surface area contributed by atoms with Gasteiger partial charge in [-0.3, -0.25) is 4.90 Å². The number of nitrogens with zero attached hydrogens (tertiary/aromatic N) is 1. The maximum Gasteiger partial charge on any atom is 0.0328 e. The van der Waals surface area contributed by atoms with Crippen molar-refractivity contribution in [2.75, 3.05) is 18.8 Å². The fourth-order valence-corrected chi connectivity index (χ4v) is 2.55. The molecule has 1 aromatic carbocycles. The Morgan fingerprint density at radius 1 is 1.38 bits per heavy atom. The molecule has 2 N–H and O–H groups in total. The van der Waals surface area contributed by atoms with Crippen molar-refractivity contribution in [1.29, 1.82) is 0 Å². The van der Waals surface area contributed by atoms with Gasteiger partial charge in [0.2, 0.25) is 0 Å². The van der Waals surface area contributed by atoms with Gasteiger partial charge in [0, 0.05) is 23.2 Å². The van der Waals surface area contributed by atoms with E-state index in [0.29, 0.717) is 0 Å². The number of hydrogen-bond acceptors (Lipinski definition) is 2. The van der Waals surface area contributed by atoms with Crippen LogP contribution in [0, 0.1) is 5.92 Å². The summed E-state index contributed by atoms with van der Waals surface area (Å²) in [4.78, 5) is 2.50. The van der Waals surface area contributed by atoms with Crippen molar-refractivity contribution in [2.24, 2.45) is 5.92 Å². The summed E-state index contributed by atoms with van der Waals surface area (Å²) < 4.78 is 1.07. The minimum Gasteiger partial charge on any atom is -0.399 e. The average Bonchev–Trinajstić information content (AvgIpc) is 2.99. The second kappa shape index (κ2) is 5.19. The van der Waals surface area contributed by atoms with E-state index in [0.717, 1.165) is 29.2 Å². The second-order valence-electron chi connectivity index (χ2n) is 4.66. The lowest BCUT2D eigenvalue weighted by atomic mass is 10.2. The molecule has 0 saturated heterocycles. The maximum atomic E-state index is 5.84. The molecule has 3 heteroatoms. The van der Waals surface area contributed by atoms with Gasteiger partial charge in [0.05, 0.1) is 0 Å². The fraction of sp³-hybridized carbons (Fsp3) is 0.538. The van der Waals surface area contributed by atoms with Gasteiger partial charge < -0.3 is 5.73 Å². The molecule has 1 fully saturated rings. The van der Waals surface area contributed by atoms with E-state index in [-0.39, 0.29) is 0 Å². The number of benzene rings is 1. The first-order valence-electron chi connectivity index (χ1n) is 5.94.